The Bertz CT molecular complexity index is 445. The van der Waals surface area contributed by atoms with Gasteiger partial charge >= 0.3 is 110 Å². The number of nitrogens with zero attached hydrogens (tertiary/aromatic N) is 1. The van der Waals surface area contributed by atoms with Gasteiger partial charge in [0.25, 0.3) is 0 Å². The van der Waals surface area contributed by atoms with Crippen LogP contribution in [0.4, 0.5) is 0 Å². The minimum absolute atomic E-state index is 0. The van der Waals surface area contributed by atoms with Crippen LogP contribution in [0.15, 0.2) is 30.3 Å². The smallest absolute Gasteiger partial charge is 0.147 e. The molecule has 2 rings (SSSR count). The predicted molar refractivity (Wildman–Crippen MR) is 79.4 cm³/mol. The second kappa shape index (κ2) is 6.59. The van der Waals surface area contributed by atoms with E-state index in [9.17, 15) is 0 Å². The molecule has 1 aliphatic carbocycles. The number of benzene rings is 1. The molecule has 0 saturated heterocycles. The summed E-state index contributed by atoms with van der Waals surface area (Å²) in [5.41, 5.74) is 4.29. The second-order valence-corrected chi connectivity index (χ2v) is 6.17. The quantitative estimate of drug-likeness (QED) is 0.752. The number of hydrogen-bond acceptors (Lipinski definition) is 1. The van der Waals surface area contributed by atoms with Crippen molar-refractivity contribution in [2.75, 3.05) is 14.1 Å². The Labute approximate surface area is 134 Å². The van der Waals surface area contributed by atoms with Crippen LogP contribution in [-0.2, 0) is 24.2 Å². The van der Waals surface area contributed by atoms with Crippen LogP contribution >= 0.6 is 24.8 Å². The zero-order valence-electron chi connectivity index (χ0n) is 11.2. The molecule has 99 valence electrons. The monoisotopic (exact) mass is 320 g/mol. The number of fused-ring (bicyclic) bond motifs is 1. The van der Waals surface area contributed by atoms with E-state index in [1.165, 1.54) is 16.7 Å². The summed E-state index contributed by atoms with van der Waals surface area (Å²) < 4.78 is 0.143. The Morgan fingerprint density at radius 3 is 2.28 bits per heavy atom. The molecule has 0 aromatic heterocycles. The molecule has 0 saturated carbocycles. The molecule has 2 atom stereocenters. The summed E-state index contributed by atoms with van der Waals surface area (Å²) in [6, 6.07) is 9.27. The third-order valence-electron chi connectivity index (χ3n) is 3.68. The maximum absolute atomic E-state index is 2.42. The first kappa shape index (κ1) is 18.2. The first-order valence-electron chi connectivity index (χ1n) is 5.67. The first-order chi connectivity index (χ1) is 7.47. The molecule has 18 heavy (non-hydrogen) atoms. The number of rotatable bonds is 2. The van der Waals surface area contributed by atoms with Crippen molar-refractivity contribution >= 4 is 30.4 Å². The van der Waals surface area contributed by atoms with Gasteiger partial charge in [-0.05, 0) is 0 Å². The standard InChI is InChI=1S/C14H18N.2ClH.Ti/c1-10-9-14(11(2)15(3)4)13-8-6-5-7-12(10)13;;;/h5-9,11H,1-4H3;2*1H;. The van der Waals surface area contributed by atoms with Crippen molar-refractivity contribution in [1.82, 2.24) is 4.90 Å². The van der Waals surface area contributed by atoms with Gasteiger partial charge in [-0.25, -0.2) is 0 Å². The van der Waals surface area contributed by atoms with Gasteiger partial charge in [-0.1, -0.05) is 0 Å². The largest absolute Gasteiger partial charge is 0.147 e. The summed E-state index contributed by atoms with van der Waals surface area (Å²) in [5, 5.41) is 0. The minimum atomic E-state index is 0. The topological polar surface area (TPSA) is 3.24 Å². The van der Waals surface area contributed by atoms with Crippen molar-refractivity contribution in [3.63, 3.8) is 0 Å². The van der Waals surface area contributed by atoms with Gasteiger partial charge in [0.05, 0.1) is 0 Å². The predicted octanol–water partition coefficient (Wildman–Crippen LogP) is 3.64. The fourth-order valence-electron chi connectivity index (χ4n) is 2.44. The fourth-order valence-corrected chi connectivity index (χ4v) is 3.52. The van der Waals surface area contributed by atoms with E-state index in [-0.39, 0.29) is 28.5 Å². The van der Waals surface area contributed by atoms with Crippen molar-refractivity contribution in [2.45, 2.75) is 23.6 Å². The van der Waals surface area contributed by atoms with Gasteiger partial charge in [0.1, 0.15) is 0 Å². The van der Waals surface area contributed by atoms with Crippen LogP contribution in [0.3, 0.4) is 0 Å². The van der Waals surface area contributed by atoms with E-state index in [2.05, 4.69) is 83.6 Å². The van der Waals surface area contributed by atoms with E-state index in [1.54, 1.807) is 0 Å². The zero-order valence-corrected chi connectivity index (χ0v) is 14.4. The Hall–Kier alpha value is 0.214. The molecule has 0 heterocycles. The Morgan fingerprint density at radius 1 is 1.17 bits per heavy atom. The van der Waals surface area contributed by atoms with Gasteiger partial charge in [0.2, 0.25) is 0 Å². The average molecular weight is 321 g/mol. The number of allylic oxidation sites excluding steroid dienone is 1. The second-order valence-electron chi connectivity index (χ2n) is 4.88. The zero-order chi connectivity index (χ0) is 11.9. The van der Waals surface area contributed by atoms with Crippen molar-refractivity contribution in [3.05, 3.63) is 41.5 Å². The van der Waals surface area contributed by atoms with Crippen LogP contribution < -0.4 is 0 Å². The molecular weight excluding hydrogens is 301 g/mol. The normalized spacial score (nSPS) is 22.6. The third kappa shape index (κ3) is 2.86. The Balaban J connectivity index is 0.00000144. The maximum Gasteiger partial charge on any atom is -0.147 e. The van der Waals surface area contributed by atoms with Crippen LogP contribution in [-0.4, -0.2) is 25.0 Å². The summed E-state index contributed by atoms with van der Waals surface area (Å²) >= 11 is 2.34. The summed E-state index contributed by atoms with van der Waals surface area (Å²) in [6.45, 7) is 4.51. The molecular formula is C14H20Cl2NTi. The Kier molecular flexibility index (Phi) is 6.66. The SMILES string of the molecule is CC1=C[C]([Ti])(C(C)N(C)C)c2ccccc21.Cl.Cl. The molecule has 0 N–H and O–H groups in total. The molecule has 0 fully saturated rings. The molecule has 0 spiro atoms. The minimum Gasteiger partial charge on any atom is -0.147 e. The summed E-state index contributed by atoms with van der Waals surface area (Å²) in [7, 11) is 4.31. The van der Waals surface area contributed by atoms with Gasteiger partial charge in [0.15, 0.2) is 0 Å². The van der Waals surface area contributed by atoms with E-state index in [1.807, 2.05) is 0 Å². The van der Waals surface area contributed by atoms with E-state index >= 15 is 0 Å². The number of hydrogen-bond donors (Lipinski definition) is 0. The third-order valence-corrected chi connectivity index (χ3v) is 4.97. The molecule has 0 radical (unpaired) electrons. The molecule has 0 aliphatic heterocycles. The molecule has 1 aromatic carbocycles. The number of likely N-dealkylation sites (N-methyl/N-ethyl adjacent to an activating group) is 1. The molecule has 0 amide bonds. The average Bonchev–Trinajstić information content (AvgIpc) is 2.52. The molecule has 0 bridgehead atoms. The first-order valence-corrected chi connectivity index (χ1v) is 6.45. The molecule has 4 heteroatoms. The van der Waals surface area contributed by atoms with Crippen molar-refractivity contribution in [3.8, 4) is 0 Å². The fraction of sp³-hybridized carbons (Fsp3) is 0.429. The van der Waals surface area contributed by atoms with E-state index in [0.717, 1.165) is 0 Å². The maximum atomic E-state index is 2.42. The molecule has 1 aliphatic rings. The summed E-state index contributed by atoms with van der Waals surface area (Å²) in [6.07, 6.45) is 2.42. The van der Waals surface area contributed by atoms with Crippen LogP contribution in [0.2, 0.25) is 0 Å². The van der Waals surface area contributed by atoms with Gasteiger partial charge in [0, 0.05) is 0 Å². The van der Waals surface area contributed by atoms with Crippen LogP contribution in [0.1, 0.15) is 25.0 Å². The Morgan fingerprint density at radius 2 is 1.72 bits per heavy atom. The molecule has 1 aromatic rings. The summed E-state index contributed by atoms with van der Waals surface area (Å²) in [5.74, 6) is 0. The van der Waals surface area contributed by atoms with Crippen LogP contribution in [0.25, 0.3) is 5.57 Å². The van der Waals surface area contributed by atoms with Crippen molar-refractivity contribution < 1.29 is 20.4 Å². The van der Waals surface area contributed by atoms with E-state index in [0.29, 0.717) is 6.04 Å². The molecule has 1 nitrogen and oxygen atoms in total. The van der Waals surface area contributed by atoms with Gasteiger partial charge in [-0.15, -0.1) is 24.8 Å². The summed E-state index contributed by atoms with van der Waals surface area (Å²) in [4.78, 5) is 2.30. The van der Waals surface area contributed by atoms with Crippen molar-refractivity contribution in [2.24, 2.45) is 0 Å². The van der Waals surface area contributed by atoms with Crippen molar-refractivity contribution in [1.29, 1.82) is 0 Å². The van der Waals surface area contributed by atoms with Gasteiger partial charge in [-0.3, -0.25) is 0 Å². The van der Waals surface area contributed by atoms with E-state index in [4.69, 9.17) is 0 Å². The van der Waals surface area contributed by atoms with E-state index < -0.39 is 0 Å². The molecule has 2 unspecified atom stereocenters. The van der Waals surface area contributed by atoms with Crippen LogP contribution in [0, 0.1) is 0 Å². The van der Waals surface area contributed by atoms with Gasteiger partial charge < -0.3 is 0 Å². The van der Waals surface area contributed by atoms with Crippen LogP contribution in [0.5, 0.6) is 0 Å². The van der Waals surface area contributed by atoms with Gasteiger partial charge in [-0.2, -0.15) is 0 Å². The number of halogens is 2.